The molecule has 1 radical (unpaired) electrons. The largest absolute Gasteiger partial charge is 0.362 e. The molecule has 2 aliphatic heterocycles. The van der Waals surface area contributed by atoms with Crippen molar-refractivity contribution < 1.29 is 17.1 Å². The molecule has 9 rings (SSSR count). The summed E-state index contributed by atoms with van der Waals surface area (Å²) in [5.74, 6) is 2.89. The predicted octanol–water partition coefficient (Wildman–Crippen LogP) is 7.77. The second kappa shape index (κ2) is 16.9. The number of fused-ring (bicyclic) bond motifs is 19. The van der Waals surface area contributed by atoms with E-state index in [1.165, 1.54) is 0 Å². The van der Waals surface area contributed by atoms with E-state index in [-0.39, 0.29) is 23.0 Å². The van der Waals surface area contributed by atoms with Crippen LogP contribution in [-0.4, -0.2) is 5.84 Å². The molecular weight excluding hydrogens is 656 g/mol. The molecule has 5 heterocycles. The molecule has 2 aromatic carbocycles. The molecule has 1 atom stereocenters. The maximum absolute atomic E-state index is 4.99. The fourth-order valence-electron chi connectivity index (χ4n) is 5.73. The van der Waals surface area contributed by atoms with Crippen LogP contribution in [0.2, 0.25) is 0 Å². The predicted molar refractivity (Wildman–Crippen MR) is 199 cm³/mol. The van der Waals surface area contributed by atoms with Crippen LogP contribution in [0.1, 0.15) is 61.0 Å². The van der Waals surface area contributed by atoms with E-state index in [0.29, 0.717) is 52.0 Å². The minimum atomic E-state index is -0.118. The zero-order valence-electron chi connectivity index (χ0n) is 29.3. The van der Waals surface area contributed by atoms with E-state index in [9.17, 15) is 0 Å². The van der Waals surface area contributed by atoms with Gasteiger partial charge in [-0.05, 0) is 50.2 Å². The molecule has 2 aliphatic carbocycles. The van der Waals surface area contributed by atoms with Crippen LogP contribution in [0.3, 0.4) is 0 Å². The van der Waals surface area contributed by atoms with E-state index in [0.717, 1.165) is 37.9 Å². The van der Waals surface area contributed by atoms with Gasteiger partial charge in [-0.25, -0.2) is 0 Å². The minimum Gasteiger partial charge on any atom is -0.362 e. The normalized spacial score (nSPS) is 15.5. The van der Waals surface area contributed by atoms with Crippen molar-refractivity contribution in [3.8, 4) is 0 Å². The number of benzene rings is 2. The number of aliphatic imine (C=N–C) groups is 1. The fourth-order valence-corrected chi connectivity index (χ4v) is 5.73. The number of amidine groups is 1. The maximum Gasteiger partial charge on any atom is 0.0332 e. The fraction of sp³-hybridized carbons (Fsp3) is 0.250. The second-order valence-electron chi connectivity index (χ2n) is 9.98. The number of allylic oxidation sites excluding steroid dienone is 5. The molecule has 0 amide bonds. The van der Waals surface area contributed by atoms with Gasteiger partial charge in [-0.1, -0.05) is 146 Å². The maximum atomic E-state index is 4.99. The molecule has 9 heteroatoms. The standard InChI is InChI=1S/C32H18N8.4C2H6.Cu/c1-2-10-18-17(9-1)25-33-26(18)38-28-21-13-5-6-14-22(21)30(35-28)40-32-24-16-8-7-15-23(24)31(36-32)39-29-20-12-4-3-11-19(20)27(34-29)37-25;4*1-2;/h1-15,17H,16H2;4*1-2H3;/q-4;;;;;. The second-order valence-corrected chi connectivity index (χ2v) is 9.98. The Morgan fingerprint density at radius 1 is 0.592 bits per heavy atom. The molecule has 8 nitrogen and oxygen atoms in total. The Hall–Kier alpha value is -4.98. The molecule has 5 aromatic rings. The van der Waals surface area contributed by atoms with Gasteiger partial charge in [0.1, 0.15) is 0 Å². The van der Waals surface area contributed by atoms with Crippen LogP contribution < -0.4 is 36.6 Å². The Morgan fingerprint density at radius 2 is 1.18 bits per heavy atom. The van der Waals surface area contributed by atoms with Gasteiger partial charge >= 0.3 is 0 Å². The summed E-state index contributed by atoms with van der Waals surface area (Å²) in [5.41, 5.74) is 3.75. The summed E-state index contributed by atoms with van der Waals surface area (Å²) >= 11 is 0. The molecule has 0 saturated carbocycles. The third kappa shape index (κ3) is 6.82. The summed E-state index contributed by atoms with van der Waals surface area (Å²) < 4.78 is 0. The molecule has 1 unspecified atom stereocenters. The Labute approximate surface area is 298 Å². The van der Waals surface area contributed by atoms with Gasteiger partial charge in [-0.3, -0.25) is 0 Å². The van der Waals surface area contributed by atoms with Gasteiger partial charge in [0.2, 0.25) is 0 Å². The summed E-state index contributed by atoms with van der Waals surface area (Å²) in [4.78, 5) is 34.6. The minimum absolute atomic E-state index is 0. The molecule has 0 N–H and O–H groups in total. The summed E-state index contributed by atoms with van der Waals surface area (Å²) in [5, 5.41) is 9.52. The van der Waals surface area contributed by atoms with Crippen molar-refractivity contribution in [2.75, 3.05) is 0 Å². The van der Waals surface area contributed by atoms with Gasteiger partial charge in [0.05, 0.1) is 0 Å². The summed E-state index contributed by atoms with van der Waals surface area (Å²) in [6.07, 6.45) is 15.0. The van der Waals surface area contributed by atoms with Crippen LogP contribution in [0.5, 0.6) is 0 Å². The van der Waals surface area contributed by atoms with E-state index in [1.54, 1.807) is 0 Å². The zero-order chi connectivity index (χ0) is 34.2. The van der Waals surface area contributed by atoms with Crippen LogP contribution in [0.15, 0.2) is 116 Å². The third-order valence-corrected chi connectivity index (χ3v) is 7.65. The first-order chi connectivity index (χ1) is 23.8. The molecule has 49 heavy (non-hydrogen) atoms. The Bertz CT molecular complexity index is 2340. The monoisotopic (exact) mass is 697 g/mol. The first kappa shape index (κ1) is 36.8. The summed E-state index contributed by atoms with van der Waals surface area (Å²) in [6, 6.07) is 16.0. The van der Waals surface area contributed by atoms with E-state index >= 15 is 0 Å². The van der Waals surface area contributed by atoms with Crippen molar-refractivity contribution in [2.24, 2.45) is 25.9 Å². The molecule has 0 saturated heterocycles. The third-order valence-electron chi connectivity index (χ3n) is 7.65. The van der Waals surface area contributed by atoms with Gasteiger partial charge in [0, 0.05) is 62.7 Å². The van der Waals surface area contributed by atoms with Crippen LogP contribution in [0.25, 0.3) is 32.9 Å². The number of hydrogen-bond donors (Lipinski definition) is 0. The van der Waals surface area contributed by atoms with Gasteiger partial charge in [0.15, 0.2) is 0 Å². The van der Waals surface area contributed by atoms with Crippen molar-refractivity contribution in [2.45, 2.75) is 61.8 Å². The average molecular weight is 698 g/mol. The van der Waals surface area contributed by atoms with E-state index in [2.05, 4.69) is 12.2 Å². The van der Waals surface area contributed by atoms with Crippen molar-refractivity contribution in [1.29, 1.82) is 0 Å². The molecule has 257 valence electrons. The van der Waals surface area contributed by atoms with Gasteiger partial charge in [-0.15, -0.1) is 0 Å². The SMILES string of the molecule is C1=CCc2c3[n-]c(c2=C1)=Nc1[n-]c(c2ccccc12)N=C1[N-]C(=C2C=CC=CC12)N=c1[n-]c(c2ccccc12)=N3.CC.CC.CC.CC.[Cu]. The van der Waals surface area contributed by atoms with Crippen LogP contribution in [0.4, 0.5) is 17.5 Å². The number of aromatic nitrogens is 3. The molecule has 0 spiro atoms. The van der Waals surface area contributed by atoms with E-state index < -0.39 is 0 Å². The van der Waals surface area contributed by atoms with E-state index in [4.69, 9.17) is 40.2 Å². The average Bonchev–Trinajstić information content (AvgIpc) is 3.91. The summed E-state index contributed by atoms with van der Waals surface area (Å²) in [6.45, 7) is 16.0. The Balaban J connectivity index is 0.000000564. The summed E-state index contributed by atoms with van der Waals surface area (Å²) in [7, 11) is 0. The van der Waals surface area contributed by atoms with Crippen molar-refractivity contribution in [1.82, 2.24) is 15.0 Å². The van der Waals surface area contributed by atoms with Crippen LogP contribution in [-0.2, 0) is 23.5 Å². The van der Waals surface area contributed by atoms with Crippen molar-refractivity contribution in [3.05, 3.63) is 129 Å². The van der Waals surface area contributed by atoms with E-state index in [1.807, 2.05) is 134 Å². The molecule has 0 fully saturated rings. The van der Waals surface area contributed by atoms with Crippen LogP contribution in [0, 0.1) is 5.92 Å². The van der Waals surface area contributed by atoms with Gasteiger partial charge < -0.3 is 40.2 Å². The first-order valence-corrected chi connectivity index (χ1v) is 17.1. The van der Waals surface area contributed by atoms with Gasteiger partial charge in [0.25, 0.3) is 0 Å². The number of rotatable bonds is 0. The molecule has 8 bridgehead atoms. The topological polar surface area (TPSA) is 106 Å². The number of nitrogens with zero attached hydrogens (tertiary/aromatic N) is 8. The van der Waals surface area contributed by atoms with Crippen LogP contribution >= 0.6 is 0 Å². The quantitative estimate of drug-likeness (QED) is 0.154. The zero-order valence-corrected chi connectivity index (χ0v) is 30.3. The smallest absolute Gasteiger partial charge is 0.0332 e. The molecule has 3 aromatic heterocycles. The molecule has 4 aliphatic rings. The Morgan fingerprint density at radius 3 is 1.86 bits per heavy atom. The van der Waals surface area contributed by atoms with Crippen molar-refractivity contribution >= 4 is 50.9 Å². The number of hydrogen-bond acceptors (Lipinski definition) is 4. The van der Waals surface area contributed by atoms with Crippen molar-refractivity contribution in [3.63, 3.8) is 0 Å². The molecular formula is C40H42CuN8-4. The first-order valence-electron chi connectivity index (χ1n) is 17.1. The van der Waals surface area contributed by atoms with Gasteiger partial charge in [-0.2, -0.15) is 0 Å². The Kier molecular flexibility index (Phi) is 12.7.